The number of hydrogen-bond donors (Lipinski definition) is 2. The molecule has 1 aromatic heterocycles. The van der Waals surface area contributed by atoms with Gasteiger partial charge in [-0.3, -0.25) is 0 Å². The van der Waals surface area contributed by atoms with Crippen LogP contribution in [0.1, 0.15) is 45.2 Å². The highest BCUT2D eigenvalue weighted by molar-refractivity contribution is 6.28. The number of rotatable bonds is 2. The largest absolute Gasteiger partial charge is 0.394 e. The van der Waals surface area contributed by atoms with E-state index in [1.165, 1.54) is 19.3 Å². The van der Waals surface area contributed by atoms with E-state index < -0.39 is 0 Å². The van der Waals surface area contributed by atoms with Crippen molar-refractivity contribution in [1.29, 1.82) is 0 Å². The van der Waals surface area contributed by atoms with Gasteiger partial charge in [-0.2, -0.15) is 4.98 Å². The Morgan fingerprint density at radius 2 is 2.06 bits per heavy atom. The van der Waals surface area contributed by atoms with Crippen molar-refractivity contribution in [2.24, 2.45) is 5.41 Å². The van der Waals surface area contributed by atoms with Gasteiger partial charge in [-0.25, -0.2) is 4.98 Å². The van der Waals surface area contributed by atoms with E-state index in [0.29, 0.717) is 17.5 Å². The third-order valence-electron chi connectivity index (χ3n) is 3.93. The van der Waals surface area contributed by atoms with Gasteiger partial charge in [0.15, 0.2) is 5.82 Å². The van der Waals surface area contributed by atoms with E-state index in [4.69, 9.17) is 17.3 Å². The maximum atomic E-state index is 6.01. The minimum atomic E-state index is 0.248. The van der Waals surface area contributed by atoms with Crippen LogP contribution in [0.25, 0.3) is 0 Å². The first-order valence-corrected chi connectivity index (χ1v) is 6.84. The predicted molar refractivity (Wildman–Crippen MR) is 75.9 cm³/mol. The van der Waals surface area contributed by atoms with Crippen LogP contribution >= 0.6 is 11.6 Å². The molecule has 1 aromatic rings. The summed E-state index contributed by atoms with van der Waals surface area (Å²) >= 11 is 5.89. The third kappa shape index (κ3) is 2.69. The monoisotopic (exact) mass is 268 g/mol. The van der Waals surface area contributed by atoms with Crippen LogP contribution < -0.4 is 11.1 Å². The summed E-state index contributed by atoms with van der Waals surface area (Å²) in [7, 11) is 0. The Labute approximate surface area is 113 Å². The summed E-state index contributed by atoms with van der Waals surface area (Å²) in [6.45, 7) is 6.42. The zero-order valence-corrected chi connectivity index (χ0v) is 12.0. The molecule has 1 aliphatic carbocycles. The highest BCUT2D eigenvalue weighted by atomic mass is 35.5. The number of aromatic nitrogens is 2. The molecule has 0 amide bonds. The highest BCUT2D eigenvalue weighted by Gasteiger charge is 2.32. The molecular weight excluding hydrogens is 248 g/mol. The Bertz CT molecular complexity index is 445. The van der Waals surface area contributed by atoms with Gasteiger partial charge in [-0.1, -0.05) is 26.7 Å². The summed E-state index contributed by atoms with van der Waals surface area (Å²) in [6, 6.07) is 0.388. The van der Waals surface area contributed by atoms with Crippen molar-refractivity contribution in [2.45, 2.75) is 52.5 Å². The quantitative estimate of drug-likeness (QED) is 0.807. The number of aryl methyl sites for hydroxylation is 1. The SMILES string of the molecule is Cc1nc(Cl)nc(NC2CCCCC2(C)C)c1N. The van der Waals surface area contributed by atoms with E-state index in [2.05, 4.69) is 29.1 Å². The molecule has 5 heteroatoms. The molecule has 0 spiro atoms. The molecule has 0 aromatic carbocycles. The van der Waals surface area contributed by atoms with Gasteiger partial charge in [0.25, 0.3) is 0 Å². The molecule has 1 aliphatic rings. The number of nitrogens with two attached hydrogens (primary N) is 1. The number of anilines is 2. The Kier molecular flexibility index (Phi) is 3.66. The maximum absolute atomic E-state index is 6.01. The standard InChI is InChI=1S/C13H21ClN4/c1-8-10(15)11(18-12(14)16-8)17-9-6-4-5-7-13(9,2)3/h9H,4-7,15H2,1-3H3,(H,16,17,18). The molecule has 4 nitrogen and oxygen atoms in total. The van der Waals surface area contributed by atoms with Crippen LogP contribution in [0.3, 0.4) is 0 Å². The summed E-state index contributed by atoms with van der Waals surface area (Å²) in [6.07, 6.45) is 4.92. The van der Waals surface area contributed by atoms with E-state index in [9.17, 15) is 0 Å². The molecule has 1 saturated carbocycles. The van der Waals surface area contributed by atoms with Gasteiger partial charge in [0, 0.05) is 6.04 Å². The first kappa shape index (κ1) is 13.4. The molecule has 18 heavy (non-hydrogen) atoms. The summed E-state index contributed by atoms with van der Waals surface area (Å²) < 4.78 is 0. The first-order chi connectivity index (χ1) is 8.40. The normalized spacial score (nSPS) is 22.8. The molecular formula is C13H21ClN4. The predicted octanol–water partition coefficient (Wildman–Crippen LogP) is 3.40. The van der Waals surface area contributed by atoms with Gasteiger partial charge in [-0.15, -0.1) is 0 Å². The van der Waals surface area contributed by atoms with E-state index in [-0.39, 0.29) is 10.7 Å². The van der Waals surface area contributed by atoms with Gasteiger partial charge in [0.05, 0.1) is 11.4 Å². The lowest BCUT2D eigenvalue weighted by molar-refractivity contribution is 0.216. The van der Waals surface area contributed by atoms with Crippen molar-refractivity contribution in [3.05, 3.63) is 11.0 Å². The van der Waals surface area contributed by atoms with E-state index >= 15 is 0 Å². The van der Waals surface area contributed by atoms with Crippen LogP contribution in [0.4, 0.5) is 11.5 Å². The molecule has 1 unspecified atom stereocenters. The Balaban J connectivity index is 2.23. The van der Waals surface area contributed by atoms with E-state index in [1.54, 1.807) is 0 Å². The van der Waals surface area contributed by atoms with Crippen molar-refractivity contribution >= 4 is 23.1 Å². The summed E-state index contributed by atoms with van der Waals surface area (Å²) in [5.74, 6) is 0.674. The van der Waals surface area contributed by atoms with Crippen molar-refractivity contribution in [2.75, 3.05) is 11.1 Å². The fourth-order valence-corrected chi connectivity index (χ4v) is 2.80. The molecule has 0 aliphatic heterocycles. The van der Waals surface area contributed by atoms with E-state index in [0.717, 1.165) is 12.1 Å². The molecule has 0 bridgehead atoms. The average Bonchev–Trinajstić information content (AvgIpc) is 2.27. The van der Waals surface area contributed by atoms with Gasteiger partial charge in [-0.05, 0) is 36.8 Å². The smallest absolute Gasteiger partial charge is 0.224 e. The number of hydrogen-bond acceptors (Lipinski definition) is 4. The Hall–Kier alpha value is -1.03. The number of nitrogen functional groups attached to an aromatic ring is 1. The van der Waals surface area contributed by atoms with Crippen molar-refractivity contribution < 1.29 is 0 Å². The fraction of sp³-hybridized carbons (Fsp3) is 0.692. The van der Waals surface area contributed by atoms with E-state index in [1.807, 2.05) is 6.92 Å². The second-order valence-corrected chi connectivity index (χ2v) is 6.11. The fourth-order valence-electron chi connectivity index (χ4n) is 2.58. The number of nitrogens with one attached hydrogen (secondary N) is 1. The van der Waals surface area contributed by atoms with Crippen LogP contribution in [0.2, 0.25) is 5.28 Å². The first-order valence-electron chi connectivity index (χ1n) is 6.46. The maximum Gasteiger partial charge on any atom is 0.224 e. The summed E-state index contributed by atoms with van der Waals surface area (Å²) in [5, 5.41) is 3.71. The van der Waals surface area contributed by atoms with Gasteiger partial charge in [0.2, 0.25) is 5.28 Å². The average molecular weight is 269 g/mol. The van der Waals surface area contributed by atoms with Crippen LogP contribution in [0, 0.1) is 12.3 Å². The molecule has 0 radical (unpaired) electrons. The Morgan fingerprint density at radius 3 is 2.72 bits per heavy atom. The zero-order chi connectivity index (χ0) is 13.3. The van der Waals surface area contributed by atoms with Crippen LogP contribution in [0.15, 0.2) is 0 Å². The third-order valence-corrected chi connectivity index (χ3v) is 4.10. The van der Waals surface area contributed by atoms with Crippen LogP contribution in [0.5, 0.6) is 0 Å². The molecule has 2 rings (SSSR count). The molecule has 0 saturated heterocycles. The van der Waals surface area contributed by atoms with Crippen LogP contribution in [-0.2, 0) is 0 Å². The molecule has 1 fully saturated rings. The van der Waals surface area contributed by atoms with Gasteiger partial charge in [0.1, 0.15) is 0 Å². The minimum absolute atomic E-state index is 0.248. The number of nitrogens with zero attached hydrogens (tertiary/aromatic N) is 2. The molecule has 1 heterocycles. The second-order valence-electron chi connectivity index (χ2n) is 5.77. The minimum Gasteiger partial charge on any atom is -0.394 e. The number of halogens is 1. The second kappa shape index (κ2) is 4.92. The summed E-state index contributed by atoms with van der Waals surface area (Å²) in [4.78, 5) is 8.26. The van der Waals surface area contributed by atoms with Crippen LogP contribution in [-0.4, -0.2) is 16.0 Å². The zero-order valence-electron chi connectivity index (χ0n) is 11.3. The lowest BCUT2D eigenvalue weighted by Gasteiger charge is -2.39. The lowest BCUT2D eigenvalue weighted by Crippen LogP contribution is -2.39. The molecule has 100 valence electrons. The summed E-state index contributed by atoms with van der Waals surface area (Å²) in [5.41, 5.74) is 7.60. The van der Waals surface area contributed by atoms with Crippen molar-refractivity contribution in [1.82, 2.24) is 9.97 Å². The van der Waals surface area contributed by atoms with Gasteiger partial charge >= 0.3 is 0 Å². The van der Waals surface area contributed by atoms with Gasteiger partial charge < -0.3 is 11.1 Å². The lowest BCUT2D eigenvalue weighted by atomic mass is 9.73. The molecule has 1 atom stereocenters. The van der Waals surface area contributed by atoms with Crippen molar-refractivity contribution in [3.63, 3.8) is 0 Å². The topological polar surface area (TPSA) is 63.8 Å². The van der Waals surface area contributed by atoms with Crippen molar-refractivity contribution in [3.8, 4) is 0 Å². The Morgan fingerprint density at radius 1 is 1.33 bits per heavy atom. The highest BCUT2D eigenvalue weighted by Crippen LogP contribution is 2.38. The molecule has 3 N–H and O–H groups in total.